The molecule has 0 saturated carbocycles. The van der Waals surface area contributed by atoms with Gasteiger partial charge in [0.2, 0.25) is 5.75 Å². The fourth-order valence-corrected chi connectivity index (χ4v) is 2.67. The molecule has 126 valence electrons. The predicted molar refractivity (Wildman–Crippen MR) is 77.6 cm³/mol. The van der Waals surface area contributed by atoms with Gasteiger partial charge < -0.3 is 19.5 Å². The summed E-state index contributed by atoms with van der Waals surface area (Å²) in [4.78, 5) is 20.2. The molecule has 0 bridgehead atoms. The molecule has 2 aromatic rings. The van der Waals surface area contributed by atoms with Gasteiger partial charge in [0.25, 0.3) is 5.69 Å². The van der Waals surface area contributed by atoms with Gasteiger partial charge in [0, 0.05) is 18.2 Å². The number of aromatic carboxylic acids is 1. The summed E-state index contributed by atoms with van der Waals surface area (Å²) >= 11 is 0. The first-order chi connectivity index (χ1) is 11.1. The molecule has 2 aromatic carbocycles. The first-order valence-electron chi connectivity index (χ1n) is 6.10. The summed E-state index contributed by atoms with van der Waals surface area (Å²) in [6.07, 6.45) is 0. The van der Waals surface area contributed by atoms with Crippen LogP contribution in [0.2, 0.25) is 0 Å². The molecular formula is C13H9NO9S. The van der Waals surface area contributed by atoms with Crippen LogP contribution in [-0.4, -0.2) is 34.6 Å². The van der Waals surface area contributed by atoms with E-state index in [0.29, 0.717) is 12.1 Å². The Morgan fingerprint density at radius 1 is 1.17 bits per heavy atom. The number of benzene rings is 2. The Balaban J connectivity index is 2.48. The van der Waals surface area contributed by atoms with Crippen LogP contribution in [0.3, 0.4) is 0 Å². The smallest absolute Gasteiger partial charge is 0.339 e. The minimum atomic E-state index is -4.62. The van der Waals surface area contributed by atoms with Gasteiger partial charge in [-0.05, 0) is 12.1 Å². The number of carboxylic acid groups (broad SMARTS) is 1. The highest BCUT2D eigenvalue weighted by Gasteiger charge is 2.24. The Labute approximate surface area is 134 Å². The zero-order chi connectivity index (χ0) is 18.1. The van der Waals surface area contributed by atoms with Crippen LogP contribution in [0.4, 0.5) is 5.69 Å². The van der Waals surface area contributed by atoms with Gasteiger partial charge in [0.05, 0.1) is 10.5 Å². The number of rotatable bonds is 5. The van der Waals surface area contributed by atoms with E-state index in [1.807, 2.05) is 0 Å². The molecular weight excluding hydrogens is 346 g/mol. The Kier molecular flexibility index (Phi) is 4.28. The minimum Gasteiger partial charge on any atom is -0.504 e. The molecule has 10 nitrogen and oxygen atoms in total. The van der Waals surface area contributed by atoms with E-state index in [2.05, 4.69) is 4.18 Å². The summed E-state index contributed by atoms with van der Waals surface area (Å²) in [6.45, 7) is 0. The van der Waals surface area contributed by atoms with E-state index < -0.39 is 54.4 Å². The van der Waals surface area contributed by atoms with Crippen LogP contribution in [0.5, 0.6) is 17.2 Å². The second-order valence-corrected chi connectivity index (χ2v) is 5.99. The average molecular weight is 355 g/mol. The Morgan fingerprint density at radius 2 is 1.83 bits per heavy atom. The normalized spacial score (nSPS) is 11.0. The summed E-state index contributed by atoms with van der Waals surface area (Å²) in [5, 5.41) is 38.6. The van der Waals surface area contributed by atoms with Crippen molar-refractivity contribution in [2.45, 2.75) is 4.90 Å². The van der Waals surface area contributed by atoms with Crippen LogP contribution in [0, 0.1) is 10.1 Å². The number of hydrogen-bond acceptors (Lipinski definition) is 8. The molecule has 0 aliphatic rings. The monoisotopic (exact) mass is 355 g/mol. The third-order valence-electron chi connectivity index (χ3n) is 2.82. The number of phenolic OH excluding ortho intramolecular Hbond substituents is 2. The van der Waals surface area contributed by atoms with Crippen molar-refractivity contribution in [2.24, 2.45) is 0 Å². The van der Waals surface area contributed by atoms with Crippen LogP contribution >= 0.6 is 0 Å². The van der Waals surface area contributed by atoms with Crippen molar-refractivity contribution in [3.63, 3.8) is 0 Å². The van der Waals surface area contributed by atoms with E-state index in [1.54, 1.807) is 0 Å². The van der Waals surface area contributed by atoms with Gasteiger partial charge in [-0.1, -0.05) is 6.07 Å². The third-order valence-corrected chi connectivity index (χ3v) is 4.05. The number of nitro groups is 1. The van der Waals surface area contributed by atoms with E-state index >= 15 is 0 Å². The zero-order valence-electron chi connectivity index (χ0n) is 11.6. The fraction of sp³-hybridized carbons (Fsp3) is 0. The number of nitro benzene ring substituents is 1. The molecule has 0 aromatic heterocycles. The third kappa shape index (κ3) is 3.35. The summed E-state index contributed by atoms with van der Waals surface area (Å²) in [5.41, 5.74) is -1.04. The molecule has 0 atom stereocenters. The molecule has 2 rings (SSSR count). The van der Waals surface area contributed by atoms with Crippen LogP contribution in [0.25, 0.3) is 0 Å². The maximum absolute atomic E-state index is 12.1. The molecule has 0 heterocycles. The highest BCUT2D eigenvalue weighted by atomic mass is 32.2. The van der Waals surface area contributed by atoms with Crippen LogP contribution in [-0.2, 0) is 10.1 Å². The number of nitrogens with zero attached hydrogens (tertiary/aromatic N) is 1. The van der Waals surface area contributed by atoms with Crippen molar-refractivity contribution < 1.29 is 37.6 Å². The highest BCUT2D eigenvalue weighted by Crippen LogP contribution is 2.38. The SMILES string of the molecule is O=C(O)c1cc(O)c(O)c(OS(=O)(=O)c2cccc([N+](=O)[O-])c2)c1. The zero-order valence-corrected chi connectivity index (χ0v) is 12.4. The van der Waals surface area contributed by atoms with Crippen molar-refractivity contribution in [1.82, 2.24) is 0 Å². The maximum atomic E-state index is 12.1. The molecule has 0 spiro atoms. The molecule has 0 aliphatic heterocycles. The lowest BCUT2D eigenvalue weighted by molar-refractivity contribution is -0.385. The van der Waals surface area contributed by atoms with Gasteiger partial charge in [-0.25, -0.2) is 4.79 Å². The van der Waals surface area contributed by atoms with Crippen molar-refractivity contribution in [2.75, 3.05) is 0 Å². The molecule has 0 radical (unpaired) electrons. The van der Waals surface area contributed by atoms with E-state index in [4.69, 9.17) is 5.11 Å². The number of non-ortho nitro benzene ring substituents is 1. The van der Waals surface area contributed by atoms with Gasteiger partial charge >= 0.3 is 16.1 Å². The molecule has 0 amide bonds. The lowest BCUT2D eigenvalue weighted by Gasteiger charge is -2.10. The predicted octanol–water partition coefficient (Wildman–Crippen LogP) is 1.47. The Hall–Kier alpha value is -3.34. The van der Waals surface area contributed by atoms with Crippen LogP contribution < -0.4 is 4.18 Å². The summed E-state index contributed by atoms with van der Waals surface area (Å²) in [6, 6.07) is 5.30. The second-order valence-electron chi connectivity index (χ2n) is 4.44. The molecule has 0 saturated heterocycles. The van der Waals surface area contributed by atoms with Crippen molar-refractivity contribution in [3.8, 4) is 17.2 Å². The van der Waals surface area contributed by atoms with Crippen LogP contribution in [0.1, 0.15) is 10.4 Å². The molecule has 11 heteroatoms. The topological polar surface area (TPSA) is 164 Å². The number of carbonyl (C=O) groups is 1. The van der Waals surface area contributed by atoms with Crippen LogP contribution in [0.15, 0.2) is 41.3 Å². The van der Waals surface area contributed by atoms with Gasteiger partial charge in [-0.15, -0.1) is 0 Å². The van der Waals surface area contributed by atoms with Crippen molar-refractivity contribution in [1.29, 1.82) is 0 Å². The van der Waals surface area contributed by atoms with Crippen molar-refractivity contribution >= 4 is 21.8 Å². The first-order valence-corrected chi connectivity index (χ1v) is 7.51. The molecule has 0 aliphatic carbocycles. The number of carboxylic acids is 1. The Bertz CT molecular complexity index is 936. The first kappa shape index (κ1) is 17.0. The van der Waals surface area contributed by atoms with Gasteiger partial charge in [-0.2, -0.15) is 8.42 Å². The molecule has 3 N–H and O–H groups in total. The largest absolute Gasteiger partial charge is 0.504 e. The number of hydrogen-bond donors (Lipinski definition) is 3. The van der Waals surface area contributed by atoms with Gasteiger partial charge in [-0.3, -0.25) is 10.1 Å². The van der Waals surface area contributed by atoms with E-state index in [0.717, 1.165) is 24.3 Å². The summed E-state index contributed by atoms with van der Waals surface area (Å²) in [5.74, 6) is -4.23. The van der Waals surface area contributed by atoms with Gasteiger partial charge in [0.1, 0.15) is 4.90 Å². The van der Waals surface area contributed by atoms with Crippen molar-refractivity contribution in [3.05, 3.63) is 52.1 Å². The van der Waals surface area contributed by atoms with Gasteiger partial charge in [0.15, 0.2) is 11.5 Å². The quantitative estimate of drug-likeness (QED) is 0.311. The van der Waals surface area contributed by atoms with E-state index in [1.165, 1.54) is 0 Å². The van der Waals surface area contributed by atoms with E-state index in [-0.39, 0.29) is 0 Å². The minimum absolute atomic E-state index is 0.508. The average Bonchev–Trinajstić information content (AvgIpc) is 2.51. The number of phenols is 2. The standard InChI is InChI=1S/C13H9NO9S/c15-10-4-7(13(17)18)5-11(12(10)16)23-24(21,22)9-3-1-2-8(6-9)14(19)20/h1-6,15-16H,(H,17,18). The lowest BCUT2D eigenvalue weighted by atomic mass is 10.2. The fourth-order valence-electron chi connectivity index (χ4n) is 1.70. The Morgan fingerprint density at radius 3 is 2.42 bits per heavy atom. The molecule has 24 heavy (non-hydrogen) atoms. The molecule has 0 fully saturated rings. The lowest BCUT2D eigenvalue weighted by Crippen LogP contribution is -2.11. The highest BCUT2D eigenvalue weighted by molar-refractivity contribution is 7.87. The summed E-state index contributed by atoms with van der Waals surface area (Å²) < 4.78 is 28.9. The number of aromatic hydroxyl groups is 2. The van der Waals surface area contributed by atoms with E-state index in [9.17, 15) is 33.5 Å². The molecule has 0 unspecified atom stereocenters. The summed E-state index contributed by atoms with van der Waals surface area (Å²) in [7, 11) is -4.62. The second kappa shape index (κ2) is 6.04. The maximum Gasteiger partial charge on any atom is 0.339 e.